The summed E-state index contributed by atoms with van der Waals surface area (Å²) in [7, 11) is 0. The quantitative estimate of drug-likeness (QED) is 0.767. The minimum Gasteiger partial charge on any atom is -0.465 e. The fourth-order valence-electron chi connectivity index (χ4n) is 3.22. The predicted octanol–water partition coefficient (Wildman–Crippen LogP) is 4.61. The molecule has 4 nitrogen and oxygen atoms in total. The van der Waals surface area contributed by atoms with E-state index in [9.17, 15) is 4.79 Å². The van der Waals surface area contributed by atoms with Crippen LogP contribution in [0, 0.1) is 0 Å². The number of benzene rings is 2. The third-order valence-corrected chi connectivity index (χ3v) is 4.47. The molecule has 0 saturated carbocycles. The van der Waals surface area contributed by atoms with Crippen LogP contribution < -0.4 is 5.32 Å². The maximum absolute atomic E-state index is 13.2. The molecule has 0 bridgehead atoms. The van der Waals surface area contributed by atoms with Crippen LogP contribution in [-0.2, 0) is 0 Å². The first-order valence-electron chi connectivity index (χ1n) is 8.02. The normalized spacial score (nSPS) is 18.0. The van der Waals surface area contributed by atoms with Gasteiger partial charge in [0.1, 0.15) is 5.76 Å². The van der Waals surface area contributed by atoms with E-state index in [4.69, 9.17) is 4.42 Å². The van der Waals surface area contributed by atoms with Gasteiger partial charge in [0.05, 0.1) is 17.9 Å². The largest absolute Gasteiger partial charge is 0.465 e. The number of nitrogens with one attached hydrogen (secondary N) is 1. The van der Waals surface area contributed by atoms with Gasteiger partial charge in [-0.25, -0.2) is 0 Å². The van der Waals surface area contributed by atoms with Gasteiger partial charge in [0.15, 0.2) is 6.17 Å². The SMILES string of the molecule is C[C@H](c1ccccc1)N1C(=O)c2ccccc2N[C@@H]1c1ccco1. The summed E-state index contributed by atoms with van der Waals surface area (Å²) in [4.78, 5) is 15.0. The molecule has 1 amide bonds. The summed E-state index contributed by atoms with van der Waals surface area (Å²) in [5.74, 6) is 0.725. The van der Waals surface area contributed by atoms with Crippen molar-refractivity contribution in [2.45, 2.75) is 19.1 Å². The smallest absolute Gasteiger partial charge is 0.258 e. The Bertz CT molecular complexity index is 843. The number of carbonyl (C=O) groups excluding carboxylic acids is 1. The van der Waals surface area contributed by atoms with Crippen molar-refractivity contribution in [2.24, 2.45) is 0 Å². The molecule has 0 fully saturated rings. The van der Waals surface area contributed by atoms with Crippen molar-refractivity contribution in [1.29, 1.82) is 0 Å². The van der Waals surface area contributed by atoms with Crippen LogP contribution in [0.3, 0.4) is 0 Å². The molecular formula is C20H18N2O2. The van der Waals surface area contributed by atoms with Crippen molar-refractivity contribution in [3.8, 4) is 0 Å². The molecule has 4 rings (SSSR count). The maximum Gasteiger partial charge on any atom is 0.258 e. The zero-order valence-corrected chi connectivity index (χ0v) is 13.3. The van der Waals surface area contributed by atoms with Gasteiger partial charge in [-0.3, -0.25) is 4.79 Å². The number of para-hydroxylation sites is 1. The highest BCUT2D eigenvalue weighted by atomic mass is 16.3. The first-order chi connectivity index (χ1) is 11.8. The summed E-state index contributed by atoms with van der Waals surface area (Å²) >= 11 is 0. The van der Waals surface area contributed by atoms with Gasteiger partial charge in [0, 0.05) is 5.69 Å². The molecule has 120 valence electrons. The second-order valence-electron chi connectivity index (χ2n) is 5.91. The van der Waals surface area contributed by atoms with Gasteiger partial charge in [-0.2, -0.15) is 0 Å². The average molecular weight is 318 g/mol. The number of amides is 1. The third-order valence-electron chi connectivity index (χ3n) is 4.47. The van der Waals surface area contributed by atoms with Gasteiger partial charge in [0.2, 0.25) is 0 Å². The Morgan fingerprint density at radius 1 is 1.00 bits per heavy atom. The molecule has 1 aliphatic heterocycles. The fraction of sp³-hybridized carbons (Fsp3) is 0.150. The van der Waals surface area contributed by atoms with Gasteiger partial charge in [-0.05, 0) is 36.8 Å². The van der Waals surface area contributed by atoms with Crippen LogP contribution in [0.25, 0.3) is 0 Å². The van der Waals surface area contributed by atoms with Gasteiger partial charge in [-0.15, -0.1) is 0 Å². The van der Waals surface area contributed by atoms with Crippen molar-refractivity contribution in [2.75, 3.05) is 5.32 Å². The monoisotopic (exact) mass is 318 g/mol. The predicted molar refractivity (Wildman–Crippen MR) is 92.5 cm³/mol. The van der Waals surface area contributed by atoms with Gasteiger partial charge in [0.25, 0.3) is 5.91 Å². The number of rotatable bonds is 3. The van der Waals surface area contributed by atoms with E-state index in [1.807, 2.05) is 78.6 Å². The van der Waals surface area contributed by atoms with E-state index in [0.717, 1.165) is 17.0 Å². The molecule has 2 aromatic carbocycles. The van der Waals surface area contributed by atoms with Crippen LogP contribution in [-0.4, -0.2) is 10.8 Å². The highest BCUT2D eigenvalue weighted by molar-refractivity contribution is 6.01. The number of anilines is 1. The number of nitrogens with zero attached hydrogens (tertiary/aromatic N) is 1. The molecule has 0 saturated heterocycles. The molecule has 0 unspecified atom stereocenters. The fourth-order valence-corrected chi connectivity index (χ4v) is 3.22. The molecule has 4 heteroatoms. The van der Waals surface area contributed by atoms with Gasteiger partial charge >= 0.3 is 0 Å². The number of hydrogen-bond donors (Lipinski definition) is 1. The Hall–Kier alpha value is -3.01. The summed E-state index contributed by atoms with van der Waals surface area (Å²) < 4.78 is 5.60. The van der Waals surface area contributed by atoms with E-state index in [-0.39, 0.29) is 18.1 Å². The minimum atomic E-state index is -0.336. The lowest BCUT2D eigenvalue weighted by molar-refractivity contribution is 0.0571. The molecule has 1 aromatic heterocycles. The molecule has 24 heavy (non-hydrogen) atoms. The number of fused-ring (bicyclic) bond motifs is 1. The molecule has 1 N–H and O–H groups in total. The van der Waals surface area contributed by atoms with E-state index < -0.39 is 0 Å². The lowest BCUT2D eigenvalue weighted by Gasteiger charge is -2.40. The highest BCUT2D eigenvalue weighted by Crippen LogP contribution is 2.38. The van der Waals surface area contributed by atoms with Crippen LogP contribution in [0.1, 0.15) is 40.8 Å². The molecule has 0 aliphatic carbocycles. The van der Waals surface area contributed by atoms with Crippen molar-refractivity contribution in [1.82, 2.24) is 4.90 Å². The summed E-state index contributed by atoms with van der Waals surface area (Å²) in [5.41, 5.74) is 2.60. The van der Waals surface area contributed by atoms with Gasteiger partial charge in [-0.1, -0.05) is 42.5 Å². The zero-order valence-electron chi connectivity index (χ0n) is 13.3. The van der Waals surface area contributed by atoms with Crippen LogP contribution in [0.2, 0.25) is 0 Å². The summed E-state index contributed by atoms with van der Waals surface area (Å²) in [5, 5.41) is 3.44. The van der Waals surface area contributed by atoms with E-state index in [2.05, 4.69) is 5.32 Å². The first kappa shape index (κ1) is 14.6. The second kappa shape index (κ2) is 5.89. The van der Waals surface area contributed by atoms with Gasteiger partial charge < -0.3 is 14.6 Å². The van der Waals surface area contributed by atoms with Crippen LogP contribution in [0.5, 0.6) is 0 Å². The maximum atomic E-state index is 13.2. The third kappa shape index (κ3) is 2.36. The lowest BCUT2D eigenvalue weighted by Crippen LogP contribution is -2.44. The average Bonchev–Trinajstić information content (AvgIpc) is 3.16. The highest BCUT2D eigenvalue weighted by Gasteiger charge is 2.37. The molecular weight excluding hydrogens is 300 g/mol. The Morgan fingerprint density at radius 2 is 1.75 bits per heavy atom. The van der Waals surface area contributed by atoms with Crippen LogP contribution in [0.4, 0.5) is 5.69 Å². The standard InChI is InChI=1S/C20H18N2O2/c1-14(15-8-3-2-4-9-15)22-19(18-12-7-13-24-18)21-17-11-6-5-10-16(17)20(22)23/h2-14,19,21H,1H3/t14-,19+/m1/s1. The molecule has 0 spiro atoms. The first-order valence-corrected chi connectivity index (χ1v) is 8.02. The molecule has 3 aromatic rings. The van der Waals surface area contributed by atoms with Crippen LogP contribution >= 0.6 is 0 Å². The second-order valence-corrected chi connectivity index (χ2v) is 5.91. The molecule has 2 atom stereocenters. The summed E-state index contributed by atoms with van der Waals surface area (Å²) in [6.45, 7) is 2.04. The van der Waals surface area contributed by atoms with E-state index >= 15 is 0 Å². The Balaban J connectivity index is 1.80. The van der Waals surface area contributed by atoms with Crippen molar-refractivity contribution in [3.63, 3.8) is 0 Å². The van der Waals surface area contributed by atoms with Crippen molar-refractivity contribution in [3.05, 3.63) is 89.9 Å². The number of furan rings is 1. The minimum absolute atomic E-state index is 0.00195. The topological polar surface area (TPSA) is 45.5 Å². The summed E-state index contributed by atoms with van der Waals surface area (Å²) in [6.07, 6.45) is 1.30. The van der Waals surface area contributed by atoms with E-state index in [0.29, 0.717) is 5.56 Å². The van der Waals surface area contributed by atoms with Crippen molar-refractivity contribution >= 4 is 11.6 Å². The van der Waals surface area contributed by atoms with E-state index in [1.54, 1.807) is 6.26 Å². The Morgan fingerprint density at radius 3 is 2.50 bits per heavy atom. The summed E-state index contributed by atoms with van der Waals surface area (Å²) in [6, 6.07) is 21.3. The number of carbonyl (C=O) groups is 1. The Kier molecular flexibility index (Phi) is 3.58. The molecule has 2 heterocycles. The zero-order chi connectivity index (χ0) is 16.5. The van der Waals surface area contributed by atoms with Crippen LogP contribution in [0.15, 0.2) is 77.4 Å². The molecule has 1 aliphatic rings. The molecule has 0 radical (unpaired) electrons. The van der Waals surface area contributed by atoms with Crippen molar-refractivity contribution < 1.29 is 9.21 Å². The lowest BCUT2D eigenvalue weighted by atomic mass is 10.0. The number of hydrogen-bond acceptors (Lipinski definition) is 3. The Labute approximate surface area is 140 Å². The van der Waals surface area contributed by atoms with E-state index in [1.165, 1.54) is 0 Å².